The van der Waals surface area contributed by atoms with Crippen LogP contribution in [0, 0.1) is 10.1 Å². The number of nitrogens with one attached hydrogen (secondary N) is 2. The highest BCUT2D eigenvalue weighted by atomic mass is 19.4. The van der Waals surface area contributed by atoms with Gasteiger partial charge in [0.05, 0.1) is 30.2 Å². The highest BCUT2D eigenvalue weighted by molar-refractivity contribution is 5.95. The van der Waals surface area contributed by atoms with Gasteiger partial charge >= 0.3 is 6.18 Å². The van der Waals surface area contributed by atoms with Crippen molar-refractivity contribution in [3.05, 3.63) is 58.1 Å². The van der Waals surface area contributed by atoms with Gasteiger partial charge in [0.1, 0.15) is 11.4 Å². The van der Waals surface area contributed by atoms with Crippen LogP contribution in [0.25, 0.3) is 0 Å². The SMILES string of the molecule is COc1ccc(NC(=O)CNc2cccc(C(F)(F)F)c2)c([N+](=O)[O-])c1. The summed E-state index contributed by atoms with van der Waals surface area (Å²) in [7, 11) is 1.34. The van der Waals surface area contributed by atoms with Crippen LogP contribution in [-0.2, 0) is 11.0 Å². The number of carbonyl (C=O) groups is 1. The van der Waals surface area contributed by atoms with Crippen molar-refractivity contribution in [1.29, 1.82) is 0 Å². The molecule has 138 valence electrons. The number of nitro groups is 1. The van der Waals surface area contributed by atoms with Crippen LogP contribution in [0.2, 0.25) is 0 Å². The molecule has 0 saturated heterocycles. The number of carbonyl (C=O) groups excluding carboxylic acids is 1. The Kier molecular flexibility index (Phi) is 5.65. The Morgan fingerprint density at radius 1 is 1.23 bits per heavy atom. The second kappa shape index (κ2) is 7.72. The van der Waals surface area contributed by atoms with E-state index in [0.29, 0.717) is 0 Å². The zero-order valence-electron chi connectivity index (χ0n) is 13.5. The predicted molar refractivity (Wildman–Crippen MR) is 88.2 cm³/mol. The number of methoxy groups -OCH3 is 1. The zero-order chi connectivity index (χ0) is 19.3. The normalized spacial score (nSPS) is 10.9. The van der Waals surface area contributed by atoms with Gasteiger partial charge in [-0.3, -0.25) is 14.9 Å². The number of hydrogen-bond donors (Lipinski definition) is 2. The average molecular weight is 369 g/mol. The summed E-state index contributed by atoms with van der Waals surface area (Å²) in [5.74, 6) is -0.410. The first-order valence-electron chi connectivity index (χ1n) is 7.24. The van der Waals surface area contributed by atoms with Gasteiger partial charge in [0.15, 0.2) is 0 Å². The quantitative estimate of drug-likeness (QED) is 0.599. The zero-order valence-corrected chi connectivity index (χ0v) is 13.5. The second-order valence-electron chi connectivity index (χ2n) is 5.12. The summed E-state index contributed by atoms with van der Waals surface area (Å²) in [5.41, 5.74) is -1.17. The monoisotopic (exact) mass is 369 g/mol. The van der Waals surface area contributed by atoms with Crippen LogP contribution >= 0.6 is 0 Å². The number of nitrogens with zero attached hydrogens (tertiary/aromatic N) is 1. The fraction of sp³-hybridized carbons (Fsp3) is 0.188. The van der Waals surface area contributed by atoms with Gasteiger partial charge in [0.25, 0.3) is 5.69 Å². The van der Waals surface area contributed by atoms with E-state index in [2.05, 4.69) is 10.6 Å². The van der Waals surface area contributed by atoms with Gasteiger partial charge in [0.2, 0.25) is 5.91 Å². The van der Waals surface area contributed by atoms with Crippen molar-refractivity contribution >= 4 is 23.0 Å². The van der Waals surface area contributed by atoms with Crippen LogP contribution in [-0.4, -0.2) is 24.5 Å². The van der Waals surface area contributed by atoms with Gasteiger partial charge in [-0.15, -0.1) is 0 Å². The molecule has 0 aliphatic rings. The van der Waals surface area contributed by atoms with E-state index in [1.165, 1.54) is 31.4 Å². The smallest absolute Gasteiger partial charge is 0.416 e. The number of benzene rings is 2. The number of halogens is 3. The molecule has 2 aromatic rings. The first-order valence-corrected chi connectivity index (χ1v) is 7.24. The Labute approximate surface area is 145 Å². The average Bonchev–Trinajstić information content (AvgIpc) is 2.59. The van der Waals surface area contributed by atoms with E-state index >= 15 is 0 Å². The number of rotatable bonds is 6. The van der Waals surface area contributed by atoms with Gasteiger partial charge in [-0.2, -0.15) is 13.2 Å². The summed E-state index contributed by atoms with van der Waals surface area (Å²) in [6, 6.07) is 8.24. The van der Waals surface area contributed by atoms with Gasteiger partial charge in [-0.25, -0.2) is 0 Å². The van der Waals surface area contributed by atoms with Crippen LogP contribution in [0.5, 0.6) is 5.75 Å². The molecular weight excluding hydrogens is 355 g/mol. The molecule has 0 saturated carbocycles. The van der Waals surface area contributed by atoms with Crippen LogP contribution in [0.1, 0.15) is 5.56 Å². The van der Waals surface area contributed by atoms with E-state index in [0.717, 1.165) is 18.2 Å². The fourth-order valence-electron chi connectivity index (χ4n) is 2.08. The molecule has 7 nitrogen and oxygen atoms in total. The van der Waals surface area contributed by atoms with E-state index in [9.17, 15) is 28.1 Å². The summed E-state index contributed by atoms with van der Waals surface area (Å²) in [6.07, 6.45) is -4.50. The molecule has 0 aromatic heterocycles. The highest BCUT2D eigenvalue weighted by Crippen LogP contribution is 2.31. The van der Waals surface area contributed by atoms with Crippen molar-refractivity contribution in [2.75, 3.05) is 24.3 Å². The molecule has 0 fully saturated rings. The van der Waals surface area contributed by atoms with E-state index < -0.39 is 22.6 Å². The standard InChI is InChI=1S/C16H14F3N3O4/c1-26-12-5-6-13(14(8-12)22(24)25)21-15(23)9-20-11-4-2-3-10(7-11)16(17,18)19/h2-8,20H,9H2,1H3,(H,21,23). The fourth-order valence-corrected chi connectivity index (χ4v) is 2.08. The lowest BCUT2D eigenvalue weighted by molar-refractivity contribution is -0.384. The van der Waals surface area contributed by atoms with Gasteiger partial charge in [-0.1, -0.05) is 6.07 Å². The minimum Gasteiger partial charge on any atom is -0.496 e. The lowest BCUT2D eigenvalue weighted by Gasteiger charge is -2.11. The largest absolute Gasteiger partial charge is 0.496 e. The Balaban J connectivity index is 2.05. The first-order chi connectivity index (χ1) is 12.2. The third-order valence-corrected chi connectivity index (χ3v) is 3.32. The lowest BCUT2D eigenvalue weighted by Crippen LogP contribution is -2.22. The molecule has 0 radical (unpaired) electrons. The van der Waals surface area contributed by atoms with E-state index in [-0.39, 0.29) is 29.4 Å². The highest BCUT2D eigenvalue weighted by Gasteiger charge is 2.30. The number of amides is 1. The Bertz CT molecular complexity index is 825. The molecule has 2 aromatic carbocycles. The summed E-state index contributed by atoms with van der Waals surface area (Å²) >= 11 is 0. The van der Waals surface area contributed by atoms with Crippen LogP contribution < -0.4 is 15.4 Å². The summed E-state index contributed by atoms with van der Waals surface area (Å²) in [6.45, 7) is -0.371. The van der Waals surface area contributed by atoms with Crippen LogP contribution in [0.15, 0.2) is 42.5 Å². The van der Waals surface area contributed by atoms with Crippen molar-refractivity contribution in [2.45, 2.75) is 6.18 Å². The van der Waals surface area contributed by atoms with E-state index in [1.54, 1.807) is 0 Å². The van der Waals surface area contributed by atoms with Crippen molar-refractivity contribution < 1.29 is 27.6 Å². The maximum absolute atomic E-state index is 12.7. The summed E-state index contributed by atoms with van der Waals surface area (Å²) in [5, 5.41) is 15.9. The number of anilines is 2. The molecule has 0 atom stereocenters. The molecule has 0 aliphatic heterocycles. The third kappa shape index (κ3) is 4.85. The molecule has 0 bridgehead atoms. The maximum atomic E-state index is 12.7. The number of ether oxygens (including phenoxy) is 1. The van der Waals surface area contributed by atoms with E-state index in [1.807, 2.05) is 0 Å². The third-order valence-electron chi connectivity index (χ3n) is 3.32. The van der Waals surface area contributed by atoms with Crippen molar-refractivity contribution in [2.24, 2.45) is 0 Å². The molecule has 0 spiro atoms. The topological polar surface area (TPSA) is 93.5 Å². The van der Waals surface area contributed by atoms with Crippen molar-refractivity contribution in [1.82, 2.24) is 0 Å². The molecule has 0 aliphatic carbocycles. The van der Waals surface area contributed by atoms with Gasteiger partial charge < -0.3 is 15.4 Å². The Hall–Kier alpha value is -3.30. The van der Waals surface area contributed by atoms with Crippen LogP contribution in [0.4, 0.5) is 30.2 Å². The first kappa shape index (κ1) is 19.0. The predicted octanol–water partition coefficient (Wildman–Crippen LogP) is 3.67. The Morgan fingerprint density at radius 2 is 1.96 bits per heavy atom. The van der Waals surface area contributed by atoms with Crippen molar-refractivity contribution in [3.8, 4) is 5.75 Å². The number of alkyl halides is 3. The molecule has 0 heterocycles. The van der Waals surface area contributed by atoms with Gasteiger partial charge in [-0.05, 0) is 30.3 Å². The second-order valence-corrected chi connectivity index (χ2v) is 5.12. The summed E-state index contributed by atoms with van der Waals surface area (Å²) in [4.78, 5) is 22.3. The molecule has 26 heavy (non-hydrogen) atoms. The lowest BCUT2D eigenvalue weighted by atomic mass is 10.2. The Morgan fingerprint density at radius 3 is 2.58 bits per heavy atom. The number of hydrogen-bond acceptors (Lipinski definition) is 5. The molecular formula is C16H14F3N3O4. The minimum absolute atomic E-state index is 0.0494. The molecule has 2 N–H and O–H groups in total. The minimum atomic E-state index is -4.50. The summed E-state index contributed by atoms with van der Waals surface area (Å²) < 4.78 is 42.9. The molecule has 2 rings (SSSR count). The van der Waals surface area contributed by atoms with Crippen LogP contribution in [0.3, 0.4) is 0 Å². The van der Waals surface area contributed by atoms with E-state index in [4.69, 9.17) is 4.74 Å². The number of nitro benzene ring substituents is 1. The van der Waals surface area contributed by atoms with Crippen molar-refractivity contribution in [3.63, 3.8) is 0 Å². The van der Waals surface area contributed by atoms with Gasteiger partial charge in [0, 0.05) is 5.69 Å². The molecule has 1 amide bonds. The molecule has 0 unspecified atom stereocenters. The maximum Gasteiger partial charge on any atom is 0.416 e. The molecule has 10 heteroatoms.